The SMILES string of the molecule is O=C(C1CCCC1)N1CCSC(c2cccs2)CC1. The third-order valence-electron chi connectivity index (χ3n) is 4.22. The second-order valence-corrected chi connectivity index (χ2v) is 7.76. The van der Waals surface area contributed by atoms with Gasteiger partial charge in [0.1, 0.15) is 0 Å². The molecule has 1 aliphatic heterocycles. The number of hydrogen-bond acceptors (Lipinski definition) is 3. The smallest absolute Gasteiger partial charge is 0.225 e. The second-order valence-electron chi connectivity index (χ2n) is 5.47. The minimum Gasteiger partial charge on any atom is -0.342 e. The number of nitrogens with zero attached hydrogens (tertiary/aromatic N) is 1. The van der Waals surface area contributed by atoms with Gasteiger partial charge >= 0.3 is 0 Å². The predicted octanol–water partition coefficient (Wildman–Crippen LogP) is 3.94. The van der Waals surface area contributed by atoms with Gasteiger partial charge in [-0.2, -0.15) is 11.8 Å². The van der Waals surface area contributed by atoms with Crippen LogP contribution in [0.25, 0.3) is 0 Å². The molecule has 1 aromatic heterocycles. The minimum absolute atomic E-state index is 0.336. The predicted molar refractivity (Wildman–Crippen MR) is 82.7 cm³/mol. The fourth-order valence-corrected chi connectivity index (χ4v) is 5.36. The van der Waals surface area contributed by atoms with Crippen LogP contribution in [0.15, 0.2) is 17.5 Å². The summed E-state index contributed by atoms with van der Waals surface area (Å²) >= 11 is 3.87. The molecule has 0 spiro atoms. The number of hydrogen-bond donors (Lipinski definition) is 0. The van der Waals surface area contributed by atoms with E-state index in [1.807, 2.05) is 23.1 Å². The molecule has 2 fully saturated rings. The normalized spacial score (nSPS) is 25.5. The van der Waals surface area contributed by atoms with E-state index < -0.39 is 0 Å². The molecule has 1 amide bonds. The first-order valence-corrected chi connectivity index (χ1v) is 9.21. The standard InChI is InChI=1S/C15H21NOS2/c17-15(12-4-1-2-5-12)16-8-7-14(19-11-9-16)13-6-3-10-18-13/h3,6,10,12,14H,1-2,4-5,7-9,11H2. The highest BCUT2D eigenvalue weighted by molar-refractivity contribution is 7.99. The van der Waals surface area contributed by atoms with Gasteiger partial charge in [0.15, 0.2) is 0 Å². The highest BCUT2D eigenvalue weighted by Gasteiger charge is 2.29. The largest absolute Gasteiger partial charge is 0.342 e. The number of rotatable bonds is 2. The van der Waals surface area contributed by atoms with Crippen molar-refractivity contribution in [1.29, 1.82) is 0 Å². The van der Waals surface area contributed by atoms with Gasteiger partial charge in [-0.1, -0.05) is 18.9 Å². The molecular formula is C15H21NOS2. The van der Waals surface area contributed by atoms with Crippen LogP contribution in [0.5, 0.6) is 0 Å². The average molecular weight is 295 g/mol. The summed E-state index contributed by atoms with van der Waals surface area (Å²) < 4.78 is 0. The third kappa shape index (κ3) is 3.16. The summed E-state index contributed by atoms with van der Waals surface area (Å²) in [6, 6.07) is 4.36. The Bertz CT molecular complexity index is 412. The lowest BCUT2D eigenvalue weighted by Crippen LogP contribution is -2.36. The molecule has 0 bridgehead atoms. The fourth-order valence-electron chi connectivity index (χ4n) is 3.12. The molecule has 2 nitrogen and oxygen atoms in total. The maximum atomic E-state index is 12.5. The Labute approximate surface area is 123 Å². The Kier molecular flexibility index (Phi) is 4.49. The molecule has 2 heterocycles. The fraction of sp³-hybridized carbons (Fsp3) is 0.667. The van der Waals surface area contributed by atoms with Crippen LogP contribution in [-0.2, 0) is 4.79 Å². The number of thioether (sulfide) groups is 1. The van der Waals surface area contributed by atoms with Crippen molar-refractivity contribution in [2.75, 3.05) is 18.8 Å². The van der Waals surface area contributed by atoms with Crippen molar-refractivity contribution in [3.63, 3.8) is 0 Å². The highest BCUT2D eigenvalue weighted by atomic mass is 32.2. The quantitative estimate of drug-likeness (QED) is 0.823. The first-order valence-electron chi connectivity index (χ1n) is 7.28. The summed E-state index contributed by atoms with van der Waals surface area (Å²) in [4.78, 5) is 16.1. The zero-order valence-electron chi connectivity index (χ0n) is 11.2. The molecule has 2 aliphatic rings. The third-order valence-corrected chi connectivity index (χ3v) is 6.66. The van der Waals surface area contributed by atoms with Crippen LogP contribution in [0.1, 0.15) is 42.2 Å². The van der Waals surface area contributed by atoms with Crippen LogP contribution in [0.3, 0.4) is 0 Å². The lowest BCUT2D eigenvalue weighted by molar-refractivity contribution is -0.135. The molecule has 4 heteroatoms. The molecule has 1 aromatic rings. The van der Waals surface area contributed by atoms with Gasteiger partial charge < -0.3 is 4.90 Å². The number of carbonyl (C=O) groups is 1. The van der Waals surface area contributed by atoms with Gasteiger partial charge in [-0.15, -0.1) is 11.3 Å². The summed E-state index contributed by atoms with van der Waals surface area (Å²) in [6.07, 6.45) is 5.85. The van der Waals surface area contributed by atoms with Crippen LogP contribution in [0.4, 0.5) is 0 Å². The highest BCUT2D eigenvalue weighted by Crippen LogP contribution is 2.37. The Balaban J connectivity index is 1.59. The Morgan fingerprint density at radius 1 is 1.21 bits per heavy atom. The van der Waals surface area contributed by atoms with Crippen molar-refractivity contribution in [3.8, 4) is 0 Å². The van der Waals surface area contributed by atoms with Crippen LogP contribution in [0.2, 0.25) is 0 Å². The molecule has 3 rings (SSSR count). The maximum Gasteiger partial charge on any atom is 0.225 e. The molecule has 1 unspecified atom stereocenters. The van der Waals surface area contributed by atoms with Gasteiger partial charge in [0.2, 0.25) is 5.91 Å². The lowest BCUT2D eigenvalue weighted by Gasteiger charge is -2.23. The molecular weight excluding hydrogens is 274 g/mol. The van der Waals surface area contributed by atoms with Gasteiger partial charge in [-0.25, -0.2) is 0 Å². The lowest BCUT2D eigenvalue weighted by atomic mass is 10.1. The van der Waals surface area contributed by atoms with E-state index >= 15 is 0 Å². The first kappa shape index (κ1) is 13.5. The number of carbonyl (C=O) groups excluding carboxylic acids is 1. The van der Waals surface area contributed by atoms with E-state index in [1.165, 1.54) is 17.7 Å². The van der Waals surface area contributed by atoms with Gasteiger partial charge in [0.05, 0.1) is 0 Å². The van der Waals surface area contributed by atoms with E-state index in [0.29, 0.717) is 17.1 Å². The van der Waals surface area contributed by atoms with Crippen molar-refractivity contribution in [2.45, 2.75) is 37.4 Å². The van der Waals surface area contributed by atoms with E-state index in [-0.39, 0.29) is 0 Å². The van der Waals surface area contributed by atoms with Crippen LogP contribution in [-0.4, -0.2) is 29.6 Å². The van der Waals surface area contributed by atoms with Gasteiger partial charge in [-0.3, -0.25) is 4.79 Å². The summed E-state index contributed by atoms with van der Waals surface area (Å²) in [5.41, 5.74) is 0. The van der Waals surface area contributed by atoms with Crippen molar-refractivity contribution in [1.82, 2.24) is 4.90 Å². The van der Waals surface area contributed by atoms with E-state index in [2.05, 4.69) is 22.4 Å². The maximum absolute atomic E-state index is 12.5. The summed E-state index contributed by atoms with van der Waals surface area (Å²) in [5, 5.41) is 2.75. The van der Waals surface area contributed by atoms with Crippen molar-refractivity contribution >= 4 is 29.0 Å². The first-order chi connectivity index (χ1) is 9.34. The van der Waals surface area contributed by atoms with E-state index in [1.54, 1.807) is 0 Å². The van der Waals surface area contributed by atoms with E-state index in [4.69, 9.17) is 0 Å². The van der Waals surface area contributed by atoms with Gasteiger partial charge in [0.25, 0.3) is 0 Å². The van der Waals surface area contributed by atoms with Crippen LogP contribution >= 0.6 is 23.1 Å². The molecule has 1 saturated carbocycles. The average Bonchev–Trinajstić information content (AvgIpc) is 3.08. The van der Waals surface area contributed by atoms with Gasteiger partial charge in [0, 0.05) is 34.9 Å². The Morgan fingerprint density at radius 2 is 2.05 bits per heavy atom. The Hall–Kier alpha value is -0.480. The number of thiophene rings is 1. The summed E-state index contributed by atoms with van der Waals surface area (Å²) in [5.74, 6) is 1.86. The Morgan fingerprint density at radius 3 is 2.79 bits per heavy atom. The van der Waals surface area contributed by atoms with Crippen LogP contribution in [0, 0.1) is 5.92 Å². The zero-order valence-corrected chi connectivity index (χ0v) is 12.8. The molecule has 0 N–H and O–H groups in total. The second kappa shape index (κ2) is 6.31. The minimum atomic E-state index is 0.336. The molecule has 1 saturated heterocycles. The monoisotopic (exact) mass is 295 g/mol. The van der Waals surface area contributed by atoms with Gasteiger partial charge in [-0.05, 0) is 30.7 Å². The molecule has 104 valence electrons. The molecule has 1 atom stereocenters. The van der Waals surface area contributed by atoms with Crippen molar-refractivity contribution in [2.24, 2.45) is 5.92 Å². The molecule has 19 heavy (non-hydrogen) atoms. The van der Waals surface area contributed by atoms with Crippen molar-refractivity contribution < 1.29 is 4.79 Å². The summed E-state index contributed by atoms with van der Waals surface area (Å²) in [6.45, 7) is 1.90. The van der Waals surface area contributed by atoms with Crippen molar-refractivity contribution in [3.05, 3.63) is 22.4 Å². The molecule has 0 aromatic carbocycles. The topological polar surface area (TPSA) is 20.3 Å². The molecule has 1 aliphatic carbocycles. The van der Waals surface area contributed by atoms with Crippen LogP contribution < -0.4 is 0 Å². The number of amides is 1. The summed E-state index contributed by atoms with van der Waals surface area (Å²) in [7, 11) is 0. The zero-order chi connectivity index (χ0) is 13.1. The van der Waals surface area contributed by atoms with E-state index in [9.17, 15) is 4.79 Å². The van der Waals surface area contributed by atoms with E-state index in [0.717, 1.165) is 38.1 Å². The molecule has 0 radical (unpaired) electrons.